The molecule has 0 atom stereocenters. The van der Waals surface area contributed by atoms with Crippen molar-refractivity contribution in [2.45, 2.75) is 32.2 Å². The molecule has 30 heavy (non-hydrogen) atoms. The summed E-state index contributed by atoms with van der Waals surface area (Å²) in [5.41, 5.74) is 6.47. The quantitative estimate of drug-likeness (QED) is 0.135. The molecule has 1 fully saturated rings. The van der Waals surface area contributed by atoms with Crippen LogP contribution in [0.5, 0.6) is 5.75 Å². The van der Waals surface area contributed by atoms with Gasteiger partial charge in [0.15, 0.2) is 5.96 Å². The third-order valence-electron chi connectivity index (χ3n) is 5.18. The lowest BCUT2D eigenvalue weighted by Gasteiger charge is -2.30. The summed E-state index contributed by atoms with van der Waals surface area (Å²) in [6, 6.07) is 7.97. The van der Waals surface area contributed by atoms with E-state index in [1.807, 2.05) is 24.3 Å². The number of primary amides is 1. The van der Waals surface area contributed by atoms with Crippen molar-refractivity contribution >= 4 is 35.8 Å². The summed E-state index contributed by atoms with van der Waals surface area (Å²) in [5.74, 6) is 1.55. The first-order valence-electron chi connectivity index (χ1n) is 10.4. The summed E-state index contributed by atoms with van der Waals surface area (Å²) < 4.78 is 5.69. The molecule has 0 unspecified atom stereocenters. The van der Waals surface area contributed by atoms with Gasteiger partial charge in [0, 0.05) is 31.6 Å². The van der Waals surface area contributed by atoms with Crippen LogP contribution < -0.4 is 21.1 Å². The number of aliphatic imine (C=N–C) groups is 1. The maximum atomic E-state index is 11.2. The normalized spacial score (nSPS) is 15.2. The van der Waals surface area contributed by atoms with E-state index in [0.717, 1.165) is 69.1 Å². The molecule has 0 saturated carbocycles. The second kappa shape index (κ2) is 15.1. The summed E-state index contributed by atoms with van der Waals surface area (Å²) in [6.45, 7) is 8.69. The van der Waals surface area contributed by atoms with E-state index < -0.39 is 0 Å². The fourth-order valence-corrected chi connectivity index (χ4v) is 3.45. The lowest BCUT2D eigenvalue weighted by atomic mass is 9.96. The van der Waals surface area contributed by atoms with Crippen LogP contribution >= 0.6 is 24.0 Å². The van der Waals surface area contributed by atoms with Gasteiger partial charge in [0.05, 0.1) is 0 Å². The molecule has 1 aliphatic rings. The number of carbonyl (C=O) groups excluding carboxylic acids is 1. The maximum absolute atomic E-state index is 11.2. The van der Waals surface area contributed by atoms with Gasteiger partial charge in [-0.15, -0.1) is 24.0 Å². The van der Waals surface area contributed by atoms with Crippen molar-refractivity contribution in [3.8, 4) is 5.75 Å². The van der Waals surface area contributed by atoms with Gasteiger partial charge in [-0.25, -0.2) is 0 Å². The molecule has 0 aliphatic carbocycles. The van der Waals surface area contributed by atoms with Crippen LogP contribution in [-0.2, 0) is 11.3 Å². The van der Waals surface area contributed by atoms with Crippen LogP contribution in [0.25, 0.3) is 0 Å². The summed E-state index contributed by atoms with van der Waals surface area (Å²) in [6.07, 6.45) is 5.70. The van der Waals surface area contributed by atoms with Gasteiger partial charge in [0.25, 0.3) is 0 Å². The van der Waals surface area contributed by atoms with E-state index in [1.54, 1.807) is 13.1 Å². The molecule has 1 aromatic carbocycles. The Hall–Kier alpha value is -1.81. The molecule has 8 heteroatoms. The Balaban J connectivity index is 0.00000450. The number of benzene rings is 1. The van der Waals surface area contributed by atoms with Crippen molar-refractivity contribution in [3.63, 3.8) is 0 Å². The van der Waals surface area contributed by atoms with Crippen molar-refractivity contribution in [2.75, 3.05) is 39.8 Å². The molecule has 1 aliphatic heterocycles. The second-order valence-electron chi connectivity index (χ2n) is 7.29. The van der Waals surface area contributed by atoms with Crippen molar-refractivity contribution in [1.82, 2.24) is 15.5 Å². The fourth-order valence-electron chi connectivity index (χ4n) is 3.45. The monoisotopic (exact) mass is 529 g/mol. The highest BCUT2D eigenvalue weighted by Gasteiger charge is 2.22. The number of hydrogen-bond donors (Lipinski definition) is 3. The topological polar surface area (TPSA) is 92.0 Å². The fraction of sp³-hybridized carbons (Fsp3) is 0.545. The minimum atomic E-state index is -0.150. The van der Waals surface area contributed by atoms with Crippen LogP contribution in [0.1, 0.15) is 31.2 Å². The van der Waals surface area contributed by atoms with Gasteiger partial charge < -0.3 is 26.0 Å². The lowest BCUT2D eigenvalue weighted by molar-refractivity contribution is -0.123. The maximum Gasteiger partial charge on any atom is 0.220 e. The number of nitrogens with two attached hydrogens (primary N) is 1. The molecule has 1 heterocycles. The van der Waals surface area contributed by atoms with Crippen LogP contribution in [0.3, 0.4) is 0 Å². The number of likely N-dealkylation sites (tertiary alicyclic amines) is 1. The summed E-state index contributed by atoms with van der Waals surface area (Å²) >= 11 is 0. The van der Waals surface area contributed by atoms with Crippen LogP contribution in [-0.4, -0.2) is 56.6 Å². The SMILES string of the molecule is C=CCOc1ccccc1CNC(=NC)NCCCCN1CCC(C(N)=O)CC1.I. The van der Waals surface area contributed by atoms with E-state index in [1.165, 1.54) is 0 Å². The summed E-state index contributed by atoms with van der Waals surface area (Å²) in [7, 11) is 1.78. The average molecular weight is 529 g/mol. The largest absolute Gasteiger partial charge is 0.489 e. The Morgan fingerprint density at radius 1 is 1.30 bits per heavy atom. The molecule has 1 aromatic rings. The molecule has 1 amide bonds. The Labute approximate surface area is 197 Å². The van der Waals surface area contributed by atoms with Gasteiger partial charge in [-0.2, -0.15) is 0 Å². The molecular weight excluding hydrogens is 493 g/mol. The van der Waals surface area contributed by atoms with Crippen LogP contribution in [0, 0.1) is 5.92 Å². The van der Waals surface area contributed by atoms with Gasteiger partial charge in [0.2, 0.25) is 5.91 Å². The number of hydrogen-bond acceptors (Lipinski definition) is 4. The number of halogens is 1. The van der Waals surface area contributed by atoms with Gasteiger partial charge in [0.1, 0.15) is 12.4 Å². The zero-order valence-electron chi connectivity index (χ0n) is 17.9. The first kappa shape index (κ1) is 26.2. The first-order valence-corrected chi connectivity index (χ1v) is 10.4. The third-order valence-corrected chi connectivity index (χ3v) is 5.18. The summed E-state index contributed by atoms with van der Waals surface area (Å²) in [5, 5.41) is 6.70. The molecule has 1 saturated heterocycles. The molecule has 0 bridgehead atoms. The number of amides is 1. The Morgan fingerprint density at radius 2 is 2.03 bits per heavy atom. The predicted molar refractivity (Wildman–Crippen MR) is 133 cm³/mol. The van der Waals surface area contributed by atoms with E-state index in [-0.39, 0.29) is 35.8 Å². The van der Waals surface area contributed by atoms with E-state index >= 15 is 0 Å². The number of nitrogens with one attached hydrogen (secondary N) is 2. The number of para-hydroxylation sites is 1. The number of guanidine groups is 1. The van der Waals surface area contributed by atoms with E-state index in [0.29, 0.717) is 13.2 Å². The number of rotatable bonds is 11. The molecule has 7 nitrogen and oxygen atoms in total. The molecule has 0 aromatic heterocycles. The molecule has 4 N–H and O–H groups in total. The molecule has 0 spiro atoms. The highest BCUT2D eigenvalue weighted by Crippen LogP contribution is 2.18. The Kier molecular flexibility index (Phi) is 13.2. The second-order valence-corrected chi connectivity index (χ2v) is 7.29. The highest BCUT2D eigenvalue weighted by molar-refractivity contribution is 14.0. The molecule has 2 rings (SSSR count). The number of unbranched alkanes of at least 4 members (excludes halogenated alkanes) is 1. The predicted octanol–water partition coefficient (Wildman–Crippen LogP) is 2.51. The van der Waals surface area contributed by atoms with Gasteiger partial charge in [-0.05, 0) is 51.4 Å². The van der Waals surface area contributed by atoms with Crippen LogP contribution in [0.15, 0.2) is 41.9 Å². The highest BCUT2D eigenvalue weighted by atomic mass is 127. The zero-order chi connectivity index (χ0) is 20.9. The lowest BCUT2D eigenvalue weighted by Crippen LogP contribution is -2.39. The van der Waals surface area contributed by atoms with Crippen LogP contribution in [0.2, 0.25) is 0 Å². The Bertz CT molecular complexity index is 675. The standard InChI is InChI=1S/C22H35N5O2.HI/c1-3-16-29-20-9-5-4-8-19(20)17-26-22(24-2)25-12-6-7-13-27-14-10-18(11-15-27)21(23)28;/h3-5,8-9,18H,1,6-7,10-17H2,2H3,(H2,23,28)(H2,24,25,26);1H. The number of nitrogens with zero attached hydrogens (tertiary/aromatic N) is 2. The number of carbonyl (C=O) groups is 1. The first-order chi connectivity index (χ1) is 14.1. The molecular formula is C22H36IN5O2. The molecule has 0 radical (unpaired) electrons. The minimum Gasteiger partial charge on any atom is -0.489 e. The molecule has 168 valence electrons. The number of ether oxygens (including phenoxy) is 1. The van der Waals surface area contributed by atoms with Gasteiger partial charge in [-0.1, -0.05) is 30.9 Å². The zero-order valence-corrected chi connectivity index (χ0v) is 20.3. The number of piperidine rings is 1. The Morgan fingerprint density at radius 3 is 2.70 bits per heavy atom. The van der Waals surface area contributed by atoms with Crippen LogP contribution in [0.4, 0.5) is 0 Å². The third kappa shape index (κ3) is 9.34. The van der Waals surface area contributed by atoms with E-state index in [2.05, 4.69) is 27.1 Å². The minimum absolute atomic E-state index is 0. The van der Waals surface area contributed by atoms with E-state index in [9.17, 15) is 4.79 Å². The van der Waals surface area contributed by atoms with Crippen molar-refractivity contribution < 1.29 is 9.53 Å². The average Bonchev–Trinajstić information content (AvgIpc) is 2.75. The van der Waals surface area contributed by atoms with E-state index in [4.69, 9.17) is 10.5 Å². The van der Waals surface area contributed by atoms with Gasteiger partial charge >= 0.3 is 0 Å². The van der Waals surface area contributed by atoms with Crippen molar-refractivity contribution in [2.24, 2.45) is 16.6 Å². The smallest absolute Gasteiger partial charge is 0.220 e. The van der Waals surface area contributed by atoms with Crippen molar-refractivity contribution in [3.05, 3.63) is 42.5 Å². The van der Waals surface area contributed by atoms with Gasteiger partial charge in [-0.3, -0.25) is 9.79 Å². The summed E-state index contributed by atoms with van der Waals surface area (Å²) in [4.78, 5) is 17.9. The van der Waals surface area contributed by atoms with Crippen molar-refractivity contribution in [1.29, 1.82) is 0 Å².